The molecule has 0 aliphatic rings. The number of aromatic carboxylic acids is 1. The predicted octanol–water partition coefficient (Wildman–Crippen LogP) is 1.84. The van der Waals surface area contributed by atoms with Crippen LogP contribution in [0.4, 0.5) is 0 Å². The summed E-state index contributed by atoms with van der Waals surface area (Å²) in [5.41, 5.74) is -0.311. The Labute approximate surface area is 116 Å². The average Bonchev–Trinajstić information content (AvgIpc) is 2.35. The maximum atomic E-state index is 12.1. The fourth-order valence-electron chi connectivity index (χ4n) is 1.47. The van der Waals surface area contributed by atoms with Crippen LogP contribution in [0.5, 0.6) is 5.75 Å². The number of methoxy groups -OCH3 is 1. The Bertz CT molecular complexity index is 643. The van der Waals surface area contributed by atoms with Gasteiger partial charge >= 0.3 is 5.97 Å². The smallest absolute Gasteiger partial charge is 0.339 e. The maximum absolute atomic E-state index is 12.1. The van der Waals surface area contributed by atoms with E-state index in [1.807, 2.05) is 0 Å². The summed E-state index contributed by atoms with van der Waals surface area (Å²) in [6.45, 7) is 0. The van der Waals surface area contributed by atoms with E-state index in [0.29, 0.717) is 0 Å². The number of terminal acetylenes is 1. The standard InChI is InChI=1S/C12H11ClO5S/c1-3-4-5-19(16,17)10-7-8(13)6-9(12(14)15)11(10)18-2/h1,6-7H,4-5H2,2H3,(H,14,15). The summed E-state index contributed by atoms with van der Waals surface area (Å²) in [4.78, 5) is 10.8. The number of sulfone groups is 1. The van der Waals surface area contributed by atoms with E-state index in [2.05, 4.69) is 5.92 Å². The van der Waals surface area contributed by atoms with Gasteiger partial charge < -0.3 is 9.84 Å². The van der Waals surface area contributed by atoms with Gasteiger partial charge in [0.25, 0.3) is 0 Å². The van der Waals surface area contributed by atoms with E-state index < -0.39 is 15.8 Å². The first-order valence-corrected chi connectivity index (χ1v) is 7.13. The second-order valence-corrected chi connectivity index (χ2v) is 6.08. The summed E-state index contributed by atoms with van der Waals surface area (Å²) in [7, 11) is -2.57. The number of hydrogen-bond donors (Lipinski definition) is 1. The molecule has 0 spiro atoms. The van der Waals surface area contributed by atoms with Crippen LogP contribution in [0.15, 0.2) is 17.0 Å². The van der Waals surface area contributed by atoms with E-state index in [4.69, 9.17) is 27.9 Å². The molecule has 0 unspecified atom stereocenters. The fraction of sp³-hybridized carbons (Fsp3) is 0.250. The molecule has 0 aliphatic heterocycles. The van der Waals surface area contributed by atoms with Crippen LogP contribution in [-0.2, 0) is 9.84 Å². The number of carboxylic acid groups (broad SMARTS) is 1. The van der Waals surface area contributed by atoms with Gasteiger partial charge in [0.2, 0.25) is 0 Å². The molecule has 0 saturated heterocycles. The minimum Gasteiger partial charge on any atom is -0.494 e. The maximum Gasteiger partial charge on any atom is 0.339 e. The molecule has 7 heteroatoms. The molecule has 0 aromatic heterocycles. The van der Waals surface area contributed by atoms with Crippen molar-refractivity contribution in [3.63, 3.8) is 0 Å². The molecule has 5 nitrogen and oxygen atoms in total. The molecule has 0 bridgehead atoms. The molecule has 1 aromatic rings. The van der Waals surface area contributed by atoms with Crippen LogP contribution in [0, 0.1) is 12.3 Å². The SMILES string of the molecule is C#CCCS(=O)(=O)c1cc(Cl)cc(C(=O)O)c1OC. The Morgan fingerprint density at radius 2 is 2.16 bits per heavy atom. The third kappa shape index (κ3) is 3.40. The molecular weight excluding hydrogens is 292 g/mol. The lowest BCUT2D eigenvalue weighted by atomic mass is 10.2. The van der Waals surface area contributed by atoms with E-state index >= 15 is 0 Å². The average molecular weight is 303 g/mol. The van der Waals surface area contributed by atoms with Gasteiger partial charge in [-0.05, 0) is 12.1 Å². The molecule has 1 aromatic carbocycles. The lowest BCUT2D eigenvalue weighted by molar-refractivity contribution is 0.0693. The molecule has 0 atom stereocenters. The molecule has 0 heterocycles. The third-order valence-electron chi connectivity index (χ3n) is 2.30. The van der Waals surface area contributed by atoms with E-state index in [-0.39, 0.29) is 33.4 Å². The van der Waals surface area contributed by atoms with Gasteiger partial charge in [0.05, 0.1) is 12.9 Å². The highest BCUT2D eigenvalue weighted by Gasteiger charge is 2.25. The lowest BCUT2D eigenvalue weighted by Crippen LogP contribution is -2.11. The van der Waals surface area contributed by atoms with E-state index in [9.17, 15) is 13.2 Å². The second kappa shape index (κ2) is 5.95. The highest BCUT2D eigenvalue weighted by molar-refractivity contribution is 7.91. The van der Waals surface area contributed by atoms with Crippen LogP contribution in [0.2, 0.25) is 5.02 Å². The summed E-state index contributed by atoms with van der Waals surface area (Å²) in [6.07, 6.45) is 5.04. The number of halogens is 1. The topological polar surface area (TPSA) is 80.7 Å². The van der Waals surface area contributed by atoms with Crippen molar-refractivity contribution in [2.75, 3.05) is 12.9 Å². The second-order valence-electron chi connectivity index (χ2n) is 3.56. The zero-order valence-corrected chi connectivity index (χ0v) is 11.6. The van der Waals surface area contributed by atoms with Crippen molar-refractivity contribution in [3.8, 4) is 18.1 Å². The van der Waals surface area contributed by atoms with Crippen LogP contribution < -0.4 is 4.74 Å². The van der Waals surface area contributed by atoms with Gasteiger partial charge in [0.15, 0.2) is 15.6 Å². The molecule has 0 fully saturated rings. The normalized spacial score (nSPS) is 10.8. The van der Waals surface area contributed by atoms with Gasteiger partial charge in [0.1, 0.15) is 10.5 Å². The van der Waals surface area contributed by atoms with Crippen molar-refractivity contribution in [3.05, 3.63) is 22.7 Å². The van der Waals surface area contributed by atoms with Gasteiger partial charge in [-0.15, -0.1) is 12.3 Å². The molecule has 1 rings (SSSR count). The molecule has 0 aliphatic carbocycles. The molecule has 1 N–H and O–H groups in total. The van der Waals surface area contributed by atoms with Crippen LogP contribution in [0.3, 0.4) is 0 Å². The molecule has 19 heavy (non-hydrogen) atoms. The van der Waals surface area contributed by atoms with Crippen molar-refractivity contribution in [2.24, 2.45) is 0 Å². The van der Waals surface area contributed by atoms with Crippen molar-refractivity contribution in [1.82, 2.24) is 0 Å². The zero-order valence-electron chi connectivity index (χ0n) is 10.0. The Kier molecular flexibility index (Phi) is 4.81. The van der Waals surface area contributed by atoms with Crippen molar-refractivity contribution in [1.29, 1.82) is 0 Å². The molecule has 0 amide bonds. The van der Waals surface area contributed by atoms with Crippen LogP contribution in [0.1, 0.15) is 16.8 Å². The molecular formula is C12H11ClO5S. The fourth-order valence-corrected chi connectivity index (χ4v) is 3.14. The highest BCUT2D eigenvalue weighted by Crippen LogP contribution is 2.32. The summed E-state index contributed by atoms with van der Waals surface area (Å²) < 4.78 is 29.0. The third-order valence-corrected chi connectivity index (χ3v) is 4.24. The van der Waals surface area contributed by atoms with Gasteiger partial charge in [-0.25, -0.2) is 13.2 Å². The Balaban J connectivity index is 3.51. The van der Waals surface area contributed by atoms with Gasteiger partial charge in [-0.2, -0.15) is 0 Å². The van der Waals surface area contributed by atoms with Crippen LogP contribution in [-0.4, -0.2) is 32.4 Å². The largest absolute Gasteiger partial charge is 0.494 e. The first-order chi connectivity index (χ1) is 8.83. The highest BCUT2D eigenvalue weighted by atomic mass is 35.5. The zero-order chi connectivity index (χ0) is 14.6. The Morgan fingerprint density at radius 3 is 2.63 bits per heavy atom. The van der Waals surface area contributed by atoms with Crippen molar-refractivity contribution in [2.45, 2.75) is 11.3 Å². The van der Waals surface area contributed by atoms with E-state index in [0.717, 1.165) is 12.1 Å². The first kappa shape index (κ1) is 15.3. The number of carbonyl (C=O) groups is 1. The number of hydrogen-bond acceptors (Lipinski definition) is 4. The number of rotatable bonds is 5. The number of ether oxygens (including phenoxy) is 1. The van der Waals surface area contributed by atoms with Gasteiger partial charge in [-0.1, -0.05) is 11.6 Å². The minimum absolute atomic E-state index is 0.00233. The molecule has 102 valence electrons. The molecule has 0 saturated carbocycles. The Morgan fingerprint density at radius 1 is 1.53 bits per heavy atom. The number of carboxylic acids is 1. The van der Waals surface area contributed by atoms with E-state index in [1.165, 1.54) is 7.11 Å². The summed E-state index contributed by atoms with van der Waals surface area (Å²) >= 11 is 5.74. The first-order valence-electron chi connectivity index (χ1n) is 5.10. The molecule has 0 radical (unpaired) electrons. The number of benzene rings is 1. The summed E-state index contributed by atoms with van der Waals surface area (Å²) in [6, 6.07) is 2.28. The van der Waals surface area contributed by atoms with Crippen molar-refractivity contribution >= 4 is 27.4 Å². The lowest BCUT2D eigenvalue weighted by Gasteiger charge is -2.12. The minimum atomic E-state index is -3.76. The van der Waals surface area contributed by atoms with E-state index in [1.54, 1.807) is 0 Å². The van der Waals surface area contributed by atoms with Crippen molar-refractivity contribution < 1.29 is 23.1 Å². The van der Waals surface area contributed by atoms with Crippen LogP contribution in [0.25, 0.3) is 0 Å². The van der Waals surface area contributed by atoms with Gasteiger partial charge in [0, 0.05) is 11.4 Å². The summed E-state index contributed by atoms with van der Waals surface area (Å²) in [5, 5.41) is 9.02. The summed E-state index contributed by atoms with van der Waals surface area (Å²) in [5.74, 6) is 0.340. The van der Waals surface area contributed by atoms with Gasteiger partial charge in [-0.3, -0.25) is 0 Å². The quantitative estimate of drug-likeness (QED) is 0.839. The monoisotopic (exact) mass is 302 g/mol. The predicted molar refractivity (Wildman–Crippen MR) is 70.5 cm³/mol. The van der Waals surface area contributed by atoms with Crippen LogP contribution >= 0.6 is 11.6 Å². The Hall–Kier alpha value is -1.71.